The van der Waals surface area contributed by atoms with E-state index in [1.807, 2.05) is 0 Å². The molecule has 44 heavy (non-hydrogen) atoms. The van der Waals surface area contributed by atoms with Crippen molar-refractivity contribution in [2.24, 2.45) is 5.92 Å². The molecule has 0 saturated heterocycles. The summed E-state index contributed by atoms with van der Waals surface area (Å²) < 4.78 is 10.6. The van der Waals surface area contributed by atoms with Crippen molar-refractivity contribution in [2.45, 2.75) is 71.0 Å². The molecule has 0 unspecified atom stereocenters. The molecule has 0 fully saturated rings. The topological polar surface area (TPSA) is 180 Å². The predicted molar refractivity (Wildman–Crippen MR) is 162 cm³/mol. The fourth-order valence-corrected chi connectivity index (χ4v) is 4.09. The van der Waals surface area contributed by atoms with Crippen molar-refractivity contribution in [1.29, 1.82) is 0 Å². The highest BCUT2D eigenvalue weighted by molar-refractivity contribution is 5.92. The van der Waals surface area contributed by atoms with E-state index in [2.05, 4.69) is 41.9 Å². The van der Waals surface area contributed by atoms with Crippen molar-refractivity contribution in [3.63, 3.8) is 0 Å². The molecule has 0 aliphatic heterocycles. The van der Waals surface area contributed by atoms with Crippen LogP contribution >= 0.6 is 0 Å². The van der Waals surface area contributed by atoms with E-state index >= 15 is 0 Å². The van der Waals surface area contributed by atoms with Gasteiger partial charge in [-0.05, 0) is 48.4 Å². The number of carboxylic acids is 2. The number of rotatable bonds is 18. The van der Waals surface area contributed by atoms with Crippen LogP contribution in [0.25, 0.3) is 0 Å². The van der Waals surface area contributed by atoms with Crippen LogP contribution in [-0.2, 0) is 32.1 Å². The zero-order valence-electron chi connectivity index (χ0n) is 25.2. The van der Waals surface area contributed by atoms with Gasteiger partial charge in [-0.25, -0.2) is 9.59 Å². The average Bonchev–Trinajstić information content (AvgIpc) is 2.97. The van der Waals surface area contributed by atoms with E-state index in [1.54, 1.807) is 42.5 Å². The summed E-state index contributed by atoms with van der Waals surface area (Å²) in [6.07, 6.45) is 5.27. The van der Waals surface area contributed by atoms with Crippen molar-refractivity contribution in [2.75, 3.05) is 7.11 Å². The molecule has 12 heteroatoms. The van der Waals surface area contributed by atoms with Crippen molar-refractivity contribution in [3.05, 3.63) is 71.8 Å². The molecule has 5 N–H and O–H groups in total. The number of ether oxygens (including phenoxy) is 2. The van der Waals surface area contributed by atoms with Crippen LogP contribution < -0.4 is 25.4 Å². The van der Waals surface area contributed by atoms with Gasteiger partial charge in [0.25, 0.3) is 0 Å². The Morgan fingerprint density at radius 3 is 2.25 bits per heavy atom. The minimum absolute atomic E-state index is 0.0171. The number of amides is 3. The maximum atomic E-state index is 12.8. The van der Waals surface area contributed by atoms with Crippen molar-refractivity contribution < 1.29 is 43.7 Å². The van der Waals surface area contributed by atoms with Crippen LogP contribution in [0, 0.1) is 5.92 Å². The number of hydrogen-bond acceptors (Lipinski definition) is 7. The monoisotopic (exact) mass is 611 g/mol. The highest BCUT2D eigenvalue weighted by Crippen LogP contribution is 2.28. The molecule has 12 nitrogen and oxygen atoms in total. The summed E-state index contributed by atoms with van der Waals surface area (Å²) in [5, 5.41) is 26.2. The highest BCUT2D eigenvalue weighted by atomic mass is 16.6. The van der Waals surface area contributed by atoms with Crippen LogP contribution in [0.5, 0.6) is 11.5 Å². The van der Waals surface area contributed by atoms with E-state index in [0.29, 0.717) is 23.5 Å². The SMILES string of the molecule is COc1cc(CNC(=O)CCCC/C=C/C(C)C)ccc1OC(=O)N[C@@H](CC(=O)O)C(=O)N[C@@H](Cc1ccccc1)C(=O)O. The van der Waals surface area contributed by atoms with E-state index in [9.17, 15) is 34.2 Å². The van der Waals surface area contributed by atoms with Gasteiger partial charge in [0.15, 0.2) is 11.5 Å². The molecule has 2 atom stereocenters. The fourth-order valence-electron chi connectivity index (χ4n) is 4.09. The summed E-state index contributed by atoms with van der Waals surface area (Å²) >= 11 is 0. The van der Waals surface area contributed by atoms with Crippen LogP contribution in [-0.4, -0.2) is 59.3 Å². The number of aliphatic carboxylic acids is 2. The molecular formula is C32H41N3O9. The van der Waals surface area contributed by atoms with Gasteiger partial charge in [-0.3, -0.25) is 14.4 Å². The van der Waals surface area contributed by atoms with Gasteiger partial charge in [0.2, 0.25) is 11.8 Å². The largest absolute Gasteiger partial charge is 0.493 e. The average molecular weight is 612 g/mol. The molecule has 2 aromatic carbocycles. The summed E-state index contributed by atoms with van der Waals surface area (Å²) in [5.74, 6) is -3.16. The zero-order valence-corrected chi connectivity index (χ0v) is 25.2. The lowest BCUT2D eigenvalue weighted by Crippen LogP contribution is -2.53. The molecule has 3 amide bonds. The first-order valence-corrected chi connectivity index (χ1v) is 14.4. The lowest BCUT2D eigenvalue weighted by molar-refractivity contribution is -0.142. The minimum Gasteiger partial charge on any atom is -0.493 e. The zero-order chi connectivity index (χ0) is 32.5. The van der Waals surface area contributed by atoms with Crippen LogP contribution in [0.3, 0.4) is 0 Å². The standard InChI is InChI=1S/C32H41N3O9/c1-21(2)11-7-4-5-10-14-28(36)33-20-23-15-16-26(27(18-23)43-3)44-32(42)35-24(19-29(37)38)30(39)34-25(31(40)41)17-22-12-8-6-9-13-22/h6-9,11-13,15-16,18,21,24-25H,4-5,10,14,17,19-20H2,1-3H3,(H,33,36)(H,34,39)(H,35,42)(H,37,38)(H,40,41)/b11-7+/t24-,25-/m0/s1. The molecule has 238 valence electrons. The third-order valence-corrected chi connectivity index (χ3v) is 6.35. The van der Waals surface area contributed by atoms with Crippen molar-refractivity contribution >= 4 is 29.8 Å². The van der Waals surface area contributed by atoms with Crippen molar-refractivity contribution in [1.82, 2.24) is 16.0 Å². The van der Waals surface area contributed by atoms with Gasteiger partial charge in [0, 0.05) is 19.4 Å². The molecule has 0 bridgehead atoms. The Kier molecular flexibility index (Phi) is 15.0. The Bertz CT molecular complexity index is 1300. The Hall–Kier alpha value is -4.87. The van der Waals surface area contributed by atoms with Crippen LogP contribution in [0.2, 0.25) is 0 Å². The number of carboxylic acid groups (broad SMARTS) is 2. The maximum absolute atomic E-state index is 12.8. The quantitative estimate of drug-likeness (QED) is 0.124. The molecule has 0 radical (unpaired) electrons. The van der Waals surface area contributed by atoms with Gasteiger partial charge in [-0.2, -0.15) is 0 Å². The third-order valence-electron chi connectivity index (χ3n) is 6.35. The van der Waals surface area contributed by atoms with E-state index in [-0.39, 0.29) is 30.4 Å². The summed E-state index contributed by atoms with van der Waals surface area (Å²) in [4.78, 5) is 60.8. The van der Waals surface area contributed by atoms with E-state index in [4.69, 9.17) is 9.47 Å². The van der Waals surface area contributed by atoms with E-state index in [1.165, 1.54) is 13.2 Å². The number of unbranched alkanes of at least 4 members (excludes halogenated alkanes) is 2. The Labute approximate surface area is 256 Å². The number of benzene rings is 2. The highest BCUT2D eigenvalue weighted by Gasteiger charge is 2.29. The maximum Gasteiger partial charge on any atom is 0.413 e. The normalized spacial score (nSPS) is 12.3. The van der Waals surface area contributed by atoms with E-state index in [0.717, 1.165) is 19.3 Å². The number of methoxy groups -OCH3 is 1. The van der Waals surface area contributed by atoms with Gasteiger partial charge in [0.1, 0.15) is 12.1 Å². The second kappa shape index (κ2) is 18.6. The van der Waals surface area contributed by atoms with Gasteiger partial charge >= 0.3 is 18.0 Å². The summed E-state index contributed by atoms with van der Waals surface area (Å²) in [6, 6.07) is 10.2. The molecule has 0 heterocycles. The Morgan fingerprint density at radius 2 is 1.61 bits per heavy atom. The van der Waals surface area contributed by atoms with Gasteiger partial charge < -0.3 is 35.6 Å². The smallest absolute Gasteiger partial charge is 0.413 e. The molecule has 0 saturated carbocycles. The lowest BCUT2D eigenvalue weighted by Gasteiger charge is -2.20. The van der Waals surface area contributed by atoms with Gasteiger partial charge in [0.05, 0.1) is 13.5 Å². The summed E-state index contributed by atoms with van der Waals surface area (Å²) in [7, 11) is 1.36. The fraction of sp³-hybridized carbons (Fsp3) is 0.406. The van der Waals surface area contributed by atoms with Crippen LogP contribution in [0.1, 0.15) is 57.1 Å². The number of hydrogen-bond donors (Lipinski definition) is 5. The number of allylic oxidation sites excluding steroid dienone is 2. The molecule has 2 aromatic rings. The first-order chi connectivity index (χ1) is 21.0. The van der Waals surface area contributed by atoms with Crippen LogP contribution in [0.15, 0.2) is 60.7 Å². The summed E-state index contributed by atoms with van der Waals surface area (Å²) in [5.41, 5.74) is 1.33. The Balaban J connectivity index is 1.95. The van der Waals surface area contributed by atoms with Crippen molar-refractivity contribution in [3.8, 4) is 11.5 Å². The van der Waals surface area contributed by atoms with Gasteiger partial charge in [-0.1, -0.05) is 62.4 Å². The first-order valence-electron chi connectivity index (χ1n) is 14.4. The first kappa shape index (κ1) is 35.3. The number of carbonyl (C=O) groups excluding carboxylic acids is 3. The second-order valence-corrected chi connectivity index (χ2v) is 10.5. The molecule has 0 spiro atoms. The predicted octanol–water partition coefficient (Wildman–Crippen LogP) is 3.83. The lowest BCUT2D eigenvalue weighted by atomic mass is 10.1. The third kappa shape index (κ3) is 13.4. The molecule has 0 aliphatic carbocycles. The van der Waals surface area contributed by atoms with Gasteiger partial charge in [-0.15, -0.1) is 0 Å². The number of carbonyl (C=O) groups is 5. The number of nitrogens with one attached hydrogen (secondary N) is 3. The molecular weight excluding hydrogens is 570 g/mol. The minimum atomic E-state index is -1.62. The van der Waals surface area contributed by atoms with Crippen LogP contribution in [0.4, 0.5) is 4.79 Å². The molecule has 0 aromatic heterocycles. The molecule has 2 rings (SSSR count). The second-order valence-electron chi connectivity index (χ2n) is 10.5. The summed E-state index contributed by atoms with van der Waals surface area (Å²) in [6.45, 7) is 4.45. The molecule has 0 aliphatic rings. The Morgan fingerprint density at radius 1 is 0.886 bits per heavy atom. The van der Waals surface area contributed by atoms with E-state index < -0.39 is 42.4 Å².